The Morgan fingerprint density at radius 2 is 1.75 bits per heavy atom. The Morgan fingerprint density at radius 1 is 1.17 bits per heavy atom. The van der Waals surface area contributed by atoms with Crippen LogP contribution in [0.15, 0.2) is 24.3 Å². The van der Waals surface area contributed by atoms with Crippen molar-refractivity contribution in [1.82, 2.24) is 0 Å². The van der Waals surface area contributed by atoms with E-state index in [1.807, 2.05) is 0 Å². The van der Waals surface area contributed by atoms with Crippen molar-refractivity contribution in [3.63, 3.8) is 0 Å². The van der Waals surface area contributed by atoms with Gasteiger partial charge in [-0.2, -0.15) is 0 Å². The van der Waals surface area contributed by atoms with Crippen LogP contribution < -0.4 is 16.8 Å². The number of halogens is 1. The number of aryl methyl sites for hydroxylation is 1. The maximum absolute atomic E-state index is 2.26. The Bertz CT molecular complexity index is 206. The van der Waals surface area contributed by atoms with Gasteiger partial charge in [-0.3, -0.25) is 0 Å². The minimum Gasteiger partial charge on any atom is -1.00 e. The Balaban J connectivity index is 0.00000121. The van der Waals surface area contributed by atoms with Crippen molar-refractivity contribution in [3.05, 3.63) is 29.8 Å². The zero-order chi connectivity index (χ0) is 8.10. The first-order chi connectivity index (χ1) is 5.33. The zero-order valence-electron chi connectivity index (χ0n) is 7.68. The van der Waals surface area contributed by atoms with E-state index < -0.39 is 0 Å². The van der Waals surface area contributed by atoms with Crippen LogP contribution in [0.3, 0.4) is 0 Å². The summed E-state index contributed by atoms with van der Waals surface area (Å²) in [6, 6.07) is 8.94. The maximum Gasteiger partial charge on any atom is -1.00 e. The van der Waals surface area contributed by atoms with Crippen LogP contribution in [0.2, 0.25) is 5.28 Å². The summed E-state index contributed by atoms with van der Waals surface area (Å²) in [7, 11) is 0. The van der Waals surface area contributed by atoms with Crippen molar-refractivity contribution >= 4 is 19.6 Å². The molecule has 0 heterocycles. The minimum atomic E-state index is 0. The summed E-state index contributed by atoms with van der Waals surface area (Å²) in [5.74, 6) is 0. The number of hydrogen-bond donors (Lipinski definition) is 0. The summed E-state index contributed by atoms with van der Waals surface area (Å²) in [5.41, 5.74) is 1.37. The molecule has 0 N–H and O–H groups in total. The zero-order valence-corrected chi connectivity index (χ0v) is 9.59. The molecular formula is C10H14AlCl. The third kappa shape index (κ3) is 4.16. The van der Waals surface area contributed by atoms with E-state index in [-0.39, 0.29) is 12.4 Å². The van der Waals surface area contributed by atoms with E-state index in [1.165, 1.54) is 17.3 Å². The maximum atomic E-state index is 2.26. The monoisotopic (exact) mass is 196 g/mol. The van der Waals surface area contributed by atoms with Gasteiger partial charge >= 0.3 is 75.0 Å². The third-order valence-electron chi connectivity index (χ3n) is 1.75. The summed E-state index contributed by atoms with van der Waals surface area (Å²) in [6.07, 6.45) is 1.32. The van der Waals surface area contributed by atoms with Gasteiger partial charge in [0.25, 0.3) is 0 Å². The van der Waals surface area contributed by atoms with Gasteiger partial charge in [-0.15, -0.1) is 0 Å². The largest absolute Gasteiger partial charge is 1.00 e. The Labute approximate surface area is 87.5 Å². The molecule has 0 aliphatic heterocycles. The van der Waals surface area contributed by atoms with Crippen LogP contribution in [0.5, 0.6) is 0 Å². The number of benzene rings is 1. The molecule has 64 valence electrons. The van der Waals surface area contributed by atoms with Gasteiger partial charge in [0.15, 0.2) is 0 Å². The van der Waals surface area contributed by atoms with Crippen molar-refractivity contribution < 1.29 is 12.4 Å². The van der Waals surface area contributed by atoms with E-state index in [4.69, 9.17) is 0 Å². The topological polar surface area (TPSA) is 0 Å². The van der Waals surface area contributed by atoms with Gasteiger partial charge in [0.2, 0.25) is 0 Å². The van der Waals surface area contributed by atoms with Gasteiger partial charge < -0.3 is 12.4 Å². The normalized spacial score (nSPS) is 8.50. The second-order valence-electron chi connectivity index (χ2n) is 2.90. The van der Waals surface area contributed by atoms with E-state index in [9.17, 15) is 0 Å². The molecule has 0 saturated heterocycles. The second kappa shape index (κ2) is 6.55. The fraction of sp³-hybridized carbons (Fsp3) is 0.400. The summed E-state index contributed by atoms with van der Waals surface area (Å²) < 4.78 is 1.55. The quantitative estimate of drug-likeness (QED) is 0.553. The Morgan fingerprint density at radius 3 is 2.25 bits per heavy atom. The molecule has 2 heteroatoms. The average molecular weight is 197 g/mol. The van der Waals surface area contributed by atoms with Crippen LogP contribution in [0.4, 0.5) is 0 Å². The smallest absolute Gasteiger partial charge is 1.00 e. The third-order valence-corrected chi connectivity index (χ3v) is 3.47. The molecule has 0 nitrogen and oxygen atoms in total. The van der Waals surface area contributed by atoms with Crippen molar-refractivity contribution in [3.8, 4) is 0 Å². The van der Waals surface area contributed by atoms with Crippen molar-refractivity contribution in [2.45, 2.75) is 25.6 Å². The summed E-state index contributed by atoms with van der Waals surface area (Å²) in [4.78, 5) is 0. The fourth-order valence-electron chi connectivity index (χ4n) is 1.01. The molecule has 0 fully saturated rings. The molecule has 0 spiro atoms. The standard InChI is InChI=1S/C7H7.C3H7.Al.ClH/c1-7-5-3-2-4-6-7;1-3-2;;/h3-6H,1H3;1,3H2,2H3;;1H/q;;+1;/p-1. The van der Waals surface area contributed by atoms with Crippen LogP contribution in [-0.4, -0.2) is 15.2 Å². The molecule has 0 aromatic heterocycles. The van der Waals surface area contributed by atoms with Crippen LogP contribution in [0.1, 0.15) is 18.9 Å². The molecule has 0 atom stereocenters. The van der Waals surface area contributed by atoms with Crippen LogP contribution in [0.25, 0.3) is 0 Å². The average Bonchev–Trinajstić information content (AvgIpc) is 2.04. The van der Waals surface area contributed by atoms with E-state index >= 15 is 0 Å². The molecule has 1 aromatic carbocycles. The molecule has 1 rings (SSSR count). The van der Waals surface area contributed by atoms with Gasteiger partial charge in [-0.1, -0.05) is 0 Å². The minimum absolute atomic E-state index is 0. The molecule has 0 unspecified atom stereocenters. The van der Waals surface area contributed by atoms with Crippen LogP contribution >= 0.6 is 0 Å². The molecule has 0 radical (unpaired) electrons. The Hall–Kier alpha value is 0.0425. The first-order valence-electron chi connectivity index (χ1n) is 4.23. The van der Waals surface area contributed by atoms with E-state index in [0.717, 1.165) is 0 Å². The predicted octanol–water partition coefficient (Wildman–Crippen LogP) is -0.843. The Kier molecular flexibility index (Phi) is 6.57. The summed E-state index contributed by atoms with van der Waals surface area (Å²) in [6.45, 7) is 4.39. The first kappa shape index (κ1) is 12.0. The number of hydrogen-bond acceptors (Lipinski definition) is 0. The molecule has 0 amide bonds. The first-order valence-corrected chi connectivity index (χ1v) is 5.62. The van der Waals surface area contributed by atoms with Gasteiger partial charge in [-0.05, 0) is 0 Å². The molecule has 0 saturated carbocycles. The fourth-order valence-corrected chi connectivity index (χ4v) is 2.10. The molecule has 12 heavy (non-hydrogen) atoms. The second-order valence-corrected chi connectivity index (χ2v) is 4.56. The van der Waals surface area contributed by atoms with Crippen molar-refractivity contribution in [1.29, 1.82) is 0 Å². The van der Waals surface area contributed by atoms with Crippen molar-refractivity contribution in [2.75, 3.05) is 0 Å². The van der Waals surface area contributed by atoms with Gasteiger partial charge in [0, 0.05) is 0 Å². The van der Waals surface area contributed by atoms with Crippen LogP contribution in [-0.2, 0) is 0 Å². The number of rotatable bonds is 3. The molecule has 0 aliphatic carbocycles. The summed E-state index contributed by atoms with van der Waals surface area (Å²) >= 11 is 0.537. The van der Waals surface area contributed by atoms with E-state index in [1.54, 1.807) is 4.43 Å². The van der Waals surface area contributed by atoms with E-state index in [2.05, 4.69) is 38.1 Å². The SMILES string of the molecule is CC[CH2][Al+][c]1ccc(C)cc1.[Cl-]. The van der Waals surface area contributed by atoms with Gasteiger partial charge in [0.05, 0.1) is 0 Å². The van der Waals surface area contributed by atoms with Crippen molar-refractivity contribution in [2.24, 2.45) is 0 Å². The summed E-state index contributed by atoms with van der Waals surface area (Å²) in [5, 5.41) is 1.39. The molecular weight excluding hydrogens is 183 g/mol. The van der Waals surface area contributed by atoms with Gasteiger partial charge in [-0.25, -0.2) is 0 Å². The van der Waals surface area contributed by atoms with E-state index in [0.29, 0.717) is 15.2 Å². The van der Waals surface area contributed by atoms with Crippen LogP contribution in [0, 0.1) is 6.92 Å². The molecule has 0 bridgehead atoms. The molecule has 0 aliphatic rings. The van der Waals surface area contributed by atoms with Gasteiger partial charge in [0.1, 0.15) is 0 Å². The molecule has 1 aromatic rings. The predicted molar refractivity (Wildman–Crippen MR) is 51.7 cm³/mol.